The molecule has 0 spiro atoms. The molecule has 0 saturated carbocycles. The normalized spacial score (nSPS) is 23.2. The van der Waals surface area contributed by atoms with Crippen LogP contribution < -0.4 is 4.90 Å². The Balaban J connectivity index is 1.94. The third kappa shape index (κ3) is 1.56. The van der Waals surface area contributed by atoms with Crippen molar-refractivity contribution in [3.8, 4) is 0 Å². The lowest BCUT2D eigenvalue weighted by Crippen LogP contribution is -2.33. The van der Waals surface area contributed by atoms with Crippen LogP contribution in [0.25, 0.3) is 5.57 Å². The second-order valence-electron chi connectivity index (χ2n) is 5.53. The molecule has 1 nitrogen and oxygen atoms in total. The van der Waals surface area contributed by atoms with Crippen molar-refractivity contribution < 1.29 is 0 Å². The lowest BCUT2D eigenvalue weighted by molar-refractivity contribution is 0.637. The summed E-state index contributed by atoms with van der Waals surface area (Å²) in [6.45, 7) is 2.30. The van der Waals surface area contributed by atoms with Gasteiger partial charge in [0.05, 0.1) is 6.04 Å². The predicted molar refractivity (Wildman–Crippen MR) is 85.1 cm³/mol. The molecule has 0 N–H and O–H groups in total. The molecular weight excluding hydrogens is 242 g/mol. The first-order valence-electron chi connectivity index (χ1n) is 7.18. The predicted octanol–water partition coefficient (Wildman–Crippen LogP) is 4.80. The van der Waals surface area contributed by atoms with Gasteiger partial charge < -0.3 is 4.90 Å². The van der Waals surface area contributed by atoms with Crippen molar-refractivity contribution in [2.24, 2.45) is 5.92 Å². The highest BCUT2D eigenvalue weighted by atomic mass is 15.2. The van der Waals surface area contributed by atoms with E-state index in [-0.39, 0.29) is 0 Å². The van der Waals surface area contributed by atoms with Crippen molar-refractivity contribution >= 4 is 16.9 Å². The molecule has 98 valence electrons. The van der Waals surface area contributed by atoms with Crippen molar-refractivity contribution in [2.75, 3.05) is 4.90 Å². The third-order valence-corrected chi connectivity index (χ3v) is 4.29. The first-order valence-corrected chi connectivity index (χ1v) is 7.18. The summed E-state index contributed by atoms with van der Waals surface area (Å²) in [6.07, 6.45) is 6.77. The molecular formula is C19H17N. The Bertz CT molecular complexity index is 697. The van der Waals surface area contributed by atoms with Crippen LogP contribution in [0.4, 0.5) is 11.4 Å². The van der Waals surface area contributed by atoms with Gasteiger partial charge in [-0.05, 0) is 29.7 Å². The molecule has 20 heavy (non-hydrogen) atoms. The molecule has 0 saturated heterocycles. The van der Waals surface area contributed by atoms with Gasteiger partial charge in [0.25, 0.3) is 0 Å². The summed E-state index contributed by atoms with van der Waals surface area (Å²) >= 11 is 0. The Kier molecular flexibility index (Phi) is 2.53. The van der Waals surface area contributed by atoms with Crippen molar-refractivity contribution in [1.82, 2.24) is 0 Å². The quantitative estimate of drug-likeness (QED) is 0.711. The number of hydrogen-bond donors (Lipinski definition) is 0. The fraction of sp³-hybridized carbons (Fsp3) is 0.158. The molecule has 2 unspecified atom stereocenters. The van der Waals surface area contributed by atoms with Crippen LogP contribution in [0, 0.1) is 5.92 Å². The van der Waals surface area contributed by atoms with Crippen molar-refractivity contribution in [1.29, 1.82) is 0 Å². The maximum absolute atomic E-state index is 2.48. The molecule has 1 aliphatic heterocycles. The monoisotopic (exact) mass is 259 g/mol. The van der Waals surface area contributed by atoms with E-state index < -0.39 is 0 Å². The highest BCUT2D eigenvalue weighted by molar-refractivity contribution is 5.93. The molecule has 0 radical (unpaired) electrons. The Hall–Kier alpha value is -2.28. The topological polar surface area (TPSA) is 3.24 Å². The third-order valence-electron chi connectivity index (χ3n) is 4.29. The largest absolute Gasteiger partial charge is 0.333 e. The van der Waals surface area contributed by atoms with Gasteiger partial charge in [0, 0.05) is 16.9 Å². The van der Waals surface area contributed by atoms with E-state index in [1.54, 1.807) is 0 Å². The van der Waals surface area contributed by atoms with E-state index in [0.29, 0.717) is 12.0 Å². The Morgan fingerprint density at radius 3 is 2.50 bits per heavy atom. The molecule has 1 heteroatoms. The van der Waals surface area contributed by atoms with E-state index in [2.05, 4.69) is 84.6 Å². The average Bonchev–Trinajstić information content (AvgIpc) is 2.84. The van der Waals surface area contributed by atoms with Gasteiger partial charge in [-0.1, -0.05) is 61.5 Å². The van der Waals surface area contributed by atoms with Crippen LogP contribution in [0.2, 0.25) is 0 Å². The van der Waals surface area contributed by atoms with Crippen LogP contribution in [0.15, 0.2) is 72.8 Å². The summed E-state index contributed by atoms with van der Waals surface area (Å²) in [5.74, 6) is 0.516. The number of fused-ring (bicyclic) bond motifs is 3. The molecule has 0 fully saturated rings. The fourth-order valence-electron chi connectivity index (χ4n) is 3.41. The average molecular weight is 259 g/mol. The zero-order chi connectivity index (χ0) is 13.5. The zero-order valence-corrected chi connectivity index (χ0v) is 11.5. The Morgan fingerprint density at radius 1 is 0.900 bits per heavy atom. The summed E-state index contributed by atoms with van der Waals surface area (Å²) in [4.78, 5) is 2.48. The van der Waals surface area contributed by atoms with Gasteiger partial charge >= 0.3 is 0 Å². The van der Waals surface area contributed by atoms with Gasteiger partial charge in [0.2, 0.25) is 0 Å². The number of para-hydroxylation sites is 2. The maximum Gasteiger partial charge on any atom is 0.0658 e. The van der Waals surface area contributed by atoms with Gasteiger partial charge in [0.15, 0.2) is 0 Å². The standard InChI is InChI=1S/C19H17N/c1-14-8-7-12-17-16-11-5-6-13-18(16)20(19(14)17)15-9-3-2-4-10-15/h2-14,19H,1H3. The molecule has 0 aromatic heterocycles. The molecule has 2 atom stereocenters. The molecule has 2 aliphatic rings. The van der Waals surface area contributed by atoms with Gasteiger partial charge in [-0.15, -0.1) is 0 Å². The lowest BCUT2D eigenvalue weighted by atomic mass is 9.88. The van der Waals surface area contributed by atoms with Gasteiger partial charge in [-0.25, -0.2) is 0 Å². The van der Waals surface area contributed by atoms with Crippen molar-refractivity contribution in [3.05, 3.63) is 78.4 Å². The number of allylic oxidation sites excluding steroid dienone is 2. The first-order chi connectivity index (χ1) is 9.86. The van der Waals surface area contributed by atoms with Crippen molar-refractivity contribution in [3.63, 3.8) is 0 Å². The summed E-state index contributed by atoms with van der Waals surface area (Å²) in [6, 6.07) is 19.9. The Morgan fingerprint density at radius 2 is 1.65 bits per heavy atom. The van der Waals surface area contributed by atoms with Crippen LogP contribution >= 0.6 is 0 Å². The van der Waals surface area contributed by atoms with Gasteiger partial charge in [-0.2, -0.15) is 0 Å². The maximum atomic E-state index is 2.48. The van der Waals surface area contributed by atoms with Crippen LogP contribution in [0.5, 0.6) is 0 Å². The second kappa shape index (κ2) is 4.38. The fourth-order valence-corrected chi connectivity index (χ4v) is 3.41. The lowest BCUT2D eigenvalue weighted by Gasteiger charge is -2.32. The number of anilines is 2. The summed E-state index contributed by atoms with van der Waals surface area (Å²) < 4.78 is 0. The van der Waals surface area contributed by atoms with E-state index in [1.807, 2.05) is 0 Å². The van der Waals surface area contributed by atoms with E-state index in [4.69, 9.17) is 0 Å². The molecule has 1 heterocycles. The van der Waals surface area contributed by atoms with Crippen LogP contribution in [0.3, 0.4) is 0 Å². The number of hydrogen-bond acceptors (Lipinski definition) is 1. The molecule has 0 bridgehead atoms. The number of benzene rings is 2. The highest BCUT2D eigenvalue weighted by Crippen LogP contribution is 2.48. The van der Waals surface area contributed by atoms with Crippen LogP contribution in [-0.2, 0) is 0 Å². The summed E-state index contributed by atoms with van der Waals surface area (Å²) in [5, 5.41) is 0. The van der Waals surface area contributed by atoms with Gasteiger partial charge in [-0.3, -0.25) is 0 Å². The number of rotatable bonds is 1. The highest BCUT2D eigenvalue weighted by Gasteiger charge is 2.37. The molecule has 1 aliphatic carbocycles. The van der Waals surface area contributed by atoms with E-state index in [9.17, 15) is 0 Å². The Labute approximate surface area is 119 Å². The smallest absolute Gasteiger partial charge is 0.0658 e. The van der Waals surface area contributed by atoms with Crippen LogP contribution in [0.1, 0.15) is 12.5 Å². The van der Waals surface area contributed by atoms with Gasteiger partial charge in [0.1, 0.15) is 0 Å². The van der Waals surface area contributed by atoms with E-state index in [0.717, 1.165) is 0 Å². The van der Waals surface area contributed by atoms with Crippen LogP contribution in [-0.4, -0.2) is 6.04 Å². The minimum absolute atomic E-state index is 0.416. The number of nitrogens with zero attached hydrogens (tertiary/aromatic N) is 1. The summed E-state index contributed by atoms with van der Waals surface area (Å²) in [5.41, 5.74) is 5.41. The second-order valence-corrected chi connectivity index (χ2v) is 5.53. The minimum Gasteiger partial charge on any atom is -0.333 e. The summed E-state index contributed by atoms with van der Waals surface area (Å²) in [7, 11) is 0. The molecule has 0 amide bonds. The molecule has 2 aromatic carbocycles. The zero-order valence-electron chi connectivity index (χ0n) is 11.5. The molecule has 4 rings (SSSR count). The SMILES string of the molecule is CC1C=CC=C2c3ccccc3N(c3ccccc3)C21. The minimum atomic E-state index is 0.416. The first kappa shape index (κ1) is 11.5. The molecule has 2 aromatic rings. The van der Waals surface area contributed by atoms with Crippen molar-refractivity contribution in [2.45, 2.75) is 13.0 Å². The van der Waals surface area contributed by atoms with E-state index in [1.165, 1.54) is 22.5 Å². The van der Waals surface area contributed by atoms with E-state index >= 15 is 0 Å².